The van der Waals surface area contributed by atoms with Gasteiger partial charge in [0.15, 0.2) is 5.82 Å². The van der Waals surface area contributed by atoms with Crippen LogP contribution in [0.15, 0.2) is 0 Å². The Morgan fingerprint density at radius 2 is 2.17 bits per heavy atom. The third-order valence-electron chi connectivity index (χ3n) is 2.25. The van der Waals surface area contributed by atoms with Crippen molar-refractivity contribution in [3.63, 3.8) is 0 Å². The zero-order valence-corrected chi connectivity index (χ0v) is 10.4. The van der Waals surface area contributed by atoms with Crippen LogP contribution in [0.1, 0.15) is 13.8 Å². The number of anilines is 1. The maximum Gasteiger partial charge on any atom is 0.268 e. The molecule has 2 N–H and O–H groups in total. The molecule has 0 saturated carbocycles. The lowest BCUT2D eigenvalue weighted by Gasteiger charge is -2.00. The Bertz CT molecular complexity index is 592. The summed E-state index contributed by atoms with van der Waals surface area (Å²) in [5.74, 6) is -0.112. The predicted molar refractivity (Wildman–Crippen MR) is 62.9 cm³/mol. The van der Waals surface area contributed by atoms with E-state index >= 15 is 0 Å². The Balaban J connectivity index is 3.80. The molecule has 0 radical (unpaired) electrons. The predicted octanol–water partition coefficient (Wildman–Crippen LogP) is 0.502. The Morgan fingerprint density at radius 3 is 2.56 bits per heavy atom. The molecular formula is C9H11ClF2N4O2. The second-order valence-corrected chi connectivity index (χ2v) is 4.12. The summed E-state index contributed by atoms with van der Waals surface area (Å²) in [6, 6.07) is 0. The first-order valence-electron chi connectivity index (χ1n) is 4.87. The molecule has 0 amide bonds. The van der Waals surface area contributed by atoms with Gasteiger partial charge in [-0.15, -0.1) is 0 Å². The monoisotopic (exact) mass is 280 g/mol. The molecule has 1 rings (SSSR count). The molecule has 18 heavy (non-hydrogen) atoms. The number of nitrogens with zero attached hydrogens (tertiary/aromatic N) is 3. The molecule has 9 heteroatoms. The van der Waals surface area contributed by atoms with Gasteiger partial charge in [-0.3, -0.25) is 14.8 Å². The number of nitrogen functional groups attached to an aromatic ring is 1. The van der Waals surface area contributed by atoms with Crippen LogP contribution in [0, 0.1) is 10.1 Å². The first-order valence-corrected chi connectivity index (χ1v) is 5.25. The van der Waals surface area contributed by atoms with E-state index in [4.69, 9.17) is 17.3 Å². The van der Waals surface area contributed by atoms with Gasteiger partial charge in [-0.2, -0.15) is 5.10 Å². The lowest BCUT2D eigenvalue weighted by Crippen LogP contribution is -2.36. The molecule has 0 saturated heterocycles. The number of hydrogen-bond acceptors (Lipinski definition) is 4. The molecule has 1 aromatic rings. The Kier molecular flexibility index (Phi) is 4.23. The molecule has 0 unspecified atom stereocenters. The number of nitro groups is 1. The molecule has 0 bridgehead atoms. The number of aromatic nitrogens is 2. The van der Waals surface area contributed by atoms with Crippen LogP contribution in [-0.4, -0.2) is 21.1 Å². The molecule has 6 nitrogen and oxygen atoms in total. The first-order chi connectivity index (χ1) is 8.25. The van der Waals surface area contributed by atoms with Crippen molar-refractivity contribution in [3.8, 4) is 0 Å². The van der Waals surface area contributed by atoms with Crippen molar-refractivity contribution >= 4 is 28.1 Å². The summed E-state index contributed by atoms with van der Waals surface area (Å²) >= 11 is 5.77. The summed E-state index contributed by atoms with van der Waals surface area (Å²) in [6.07, 6.45) is -2.70. The van der Waals surface area contributed by atoms with Crippen molar-refractivity contribution in [1.82, 2.24) is 9.78 Å². The van der Waals surface area contributed by atoms with Gasteiger partial charge in [0.05, 0.1) is 10.1 Å². The highest BCUT2D eigenvalue weighted by molar-refractivity contribution is 6.44. The third-order valence-corrected chi connectivity index (χ3v) is 2.44. The molecule has 0 fully saturated rings. The van der Waals surface area contributed by atoms with Crippen LogP contribution in [0.2, 0.25) is 0 Å². The van der Waals surface area contributed by atoms with Crippen LogP contribution in [0.5, 0.6) is 0 Å². The van der Waals surface area contributed by atoms with E-state index in [0.29, 0.717) is 0 Å². The maximum absolute atomic E-state index is 12.4. The van der Waals surface area contributed by atoms with Gasteiger partial charge in [0, 0.05) is 12.0 Å². The van der Waals surface area contributed by atoms with E-state index < -0.39 is 17.9 Å². The van der Waals surface area contributed by atoms with Crippen LogP contribution in [0.25, 0.3) is 10.7 Å². The fourth-order valence-corrected chi connectivity index (χ4v) is 1.72. The van der Waals surface area contributed by atoms with Gasteiger partial charge >= 0.3 is 0 Å². The molecule has 1 heterocycles. The zero-order valence-electron chi connectivity index (χ0n) is 9.65. The normalized spacial score (nSPS) is 14.8. The molecule has 0 aliphatic heterocycles. The molecular weight excluding hydrogens is 270 g/mol. The van der Waals surface area contributed by atoms with Crippen LogP contribution in [0.4, 0.5) is 14.6 Å². The van der Waals surface area contributed by atoms with Crippen molar-refractivity contribution in [2.75, 3.05) is 5.73 Å². The van der Waals surface area contributed by atoms with Crippen LogP contribution >= 0.6 is 11.6 Å². The molecule has 1 aromatic heterocycles. The second kappa shape index (κ2) is 5.30. The molecule has 0 aliphatic carbocycles. The topological polar surface area (TPSA) is 87.0 Å². The molecule has 0 aliphatic rings. The number of rotatable bonds is 3. The molecule has 0 spiro atoms. The quantitative estimate of drug-likeness (QED) is 0.645. The summed E-state index contributed by atoms with van der Waals surface area (Å²) < 4.78 is 25.6. The minimum absolute atomic E-state index is 0.0923. The van der Waals surface area contributed by atoms with E-state index in [-0.39, 0.29) is 27.1 Å². The van der Waals surface area contributed by atoms with Crippen molar-refractivity contribution in [1.29, 1.82) is 0 Å². The standard InChI is InChI=1S/C9H11ClF2N4O2/c1-4(10)7-8(5(2)16(17)18)15(3-6(11)12)14-9(7)13/h6H,3H2,1-2H3,(H2,13,14)/b7-4-,8-5-. The second-order valence-electron chi connectivity index (χ2n) is 3.56. The van der Waals surface area contributed by atoms with E-state index in [1.165, 1.54) is 13.8 Å². The van der Waals surface area contributed by atoms with Crippen molar-refractivity contribution in [2.45, 2.75) is 26.8 Å². The summed E-state index contributed by atoms with van der Waals surface area (Å²) in [5, 5.41) is 14.6. The van der Waals surface area contributed by atoms with Gasteiger partial charge in [-0.1, -0.05) is 11.6 Å². The Hall–Kier alpha value is -1.70. The van der Waals surface area contributed by atoms with Crippen LogP contribution in [-0.2, 0) is 6.54 Å². The summed E-state index contributed by atoms with van der Waals surface area (Å²) in [7, 11) is 0. The number of nitrogens with two attached hydrogens (primary N) is 1. The smallest absolute Gasteiger partial charge is 0.268 e. The summed E-state index contributed by atoms with van der Waals surface area (Å²) in [6.45, 7) is 1.86. The number of alkyl halides is 2. The third kappa shape index (κ3) is 2.76. The van der Waals surface area contributed by atoms with Gasteiger partial charge in [0.25, 0.3) is 12.1 Å². The Morgan fingerprint density at radius 1 is 1.61 bits per heavy atom. The van der Waals surface area contributed by atoms with Crippen LogP contribution in [0.3, 0.4) is 0 Å². The van der Waals surface area contributed by atoms with E-state index in [1.807, 2.05) is 0 Å². The molecule has 0 aromatic carbocycles. The lowest BCUT2D eigenvalue weighted by molar-refractivity contribution is -0.379. The maximum atomic E-state index is 12.4. The largest absolute Gasteiger partial charge is 0.382 e. The number of halogens is 3. The lowest BCUT2D eigenvalue weighted by atomic mass is 10.3. The van der Waals surface area contributed by atoms with Crippen molar-refractivity contribution in [2.24, 2.45) is 0 Å². The van der Waals surface area contributed by atoms with E-state index in [0.717, 1.165) is 4.68 Å². The first kappa shape index (κ1) is 14.4. The van der Waals surface area contributed by atoms with Gasteiger partial charge in [0.1, 0.15) is 11.9 Å². The van der Waals surface area contributed by atoms with Crippen molar-refractivity contribution < 1.29 is 13.7 Å². The minimum Gasteiger partial charge on any atom is -0.382 e. The van der Waals surface area contributed by atoms with Gasteiger partial charge in [-0.25, -0.2) is 8.78 Å². The average molecular weight is 281 g/mol. The van der Waals surface area contributed by atoms with Gasteiger partial charge < -0.3 is 5.73 Å². The average Bonchev–Trinajstić information content (AvgIpc) is 2.52. The Labute approximate surface area is 105 Å². The van der Waals surface area contributed by atoms with E-state index in [1.54, 1.807) is 0 Å². The van der Waals surface area contributed by atoms with E-state index in [9.17, 15) is 18.9 Å². The molecule has 0 atom stereocenters. The molecule has 100 valence electrons. The number of hydrogen-bond donors (Lipinski definition) is 1. The highest BCUT2D eigenvalue weighted by Gasteiger charge is 2.17. The van der Waals surface area contributed by atoms with Crippen molar-refractivity contribution in [3.05, 3.63) is 20.7 Å². The highest BCUT2D eigenvalue weighted by atomic mass is 35.5. The zero-order chi connectivity index (χ0) is 14.0. The fraction of sp³-hybridized carbons (Fsp3) is 0.444. The van der Waals surface area contributed by atoms with Crippen LogP contribution < -0.4 is 16.3 Å². The SMILES string of the molecule is C/C(Cl)=c1/c(N)nn(CC(F)F)/c1=C(/C)[N+](=O)[O-]. The minimum atomic E-state index is -2.70. The van der Waals surface area contributed by atoms with Gasteiger partial charge in [-0.05, 0) is 6.92 Å². The summed E-state index contributed by atoms with van der Waals surface area (Å²) in [5.41, 5.74) is 5.20. The van der Waals surface area contributed by atoms with E-state index in [2.05, 4.69) is 5.10 Å². The van der Waals surface area contributed by atoms with Gasteiger partial charge in [0.2, 0.25) is 0 Å². The summed E-state index contributed by atoms with van der Waals surface area (Å²) in [4.78, 5) is 10.1. The highest BCUT2D eigenvalue weighted by Crippen LogP contribution is 2.01. The fourth-order valence-electron chi connectivity index (χ4n) is 1.54.